The van der Waals surface area contributed by atoms with Gasteiger partial charge in [0, 0.05) is 18.7 Å². The third-order valence-electron chi connectivity index (χ3n) is 5.71. The Balaban J connectivity index is 1.39. The number of nitrogens with one attached hydrogen (secondary N) is 1. The molecular formula is C19H26N6O3S. The Hall–Kier alpha value is -2.33. The second kappa shape index (κ2) is 8.58. The van der Waals surface area contributed by atoms with Gasteiger partial charge in [-0.15, -0.1) is 5.10 Å². The summed E-state index contributed by atoms with van der Waals surface area (Å²) in [7, 11) is -3.48. The first-order chi connectivity index (χ1) is 14.1. The highest BCUT2D eigenvalue weighted by atomic mass is 32.2. The molecule has 0 radical (unpaired) electrons. The Morgan fingerprint density at radius 3 is 2.41 bits per heavy atom. The van der Waals surface area contributed by atoms with Gasteiger partial charge in [0.15, 0.2) is 5.82 Å². The van der Waals surface area contributed by atoms with Crippen LogP contribution in [0.25, 0.3) is 0 Å². The van der Waals surface area contributed by atoms with Crippen molar-refractivity contribution in [3.05, 3.63) is 35.7 Å². The number of carbonyl (C=O) groups is 1. The van der Waals surface area contributed by atoms with Crippen LogP contribution in [0.5, 0.6) is 0 Å². The predicted molar refractivity (Wildman–Crippen MR) is 106 cm³/mol. The topological polar surface area (TPSA) is 110 Å². The predicted octanol–water partition coefficient (Wildman–Crippen LogP) is 1.89. The summed E-state index contributed by atoms with van der Waals surface area (Å²) in [5.41, 5.74) is 0.405. The summed E-state index contributed by atoms with van der Waals surface area (Å²) in [6, 6.07) is 6.37. The van der Waals surface area contributed by atoms with E-state index in [0.29, 0.717) is 30.5 Å². The normalized spacial score (nSPS) is 18.8. The van der Waals surface area contributed by atoms with Crippen molar-refractivity contribution >= 4 is 15.9 Å². The number of hydrogen-bond acceptors (Lipinski definition) is 6. The maximum Gasteiger partial charge on any atom is 0.251 e. The standard InChI is InChI=1S/C19H26N6O3S/c26-19(20-14-18-21-22-23-25(18)16-6-2-1-3-7-16)15-8-10-17(11-9-15)29(27,28)24-12-4-5-13-24/h8-11,16H,1-7,12-14H2,(H,20,26). The summed E-state index contributed by atoms with van der Waals surface area (Å²) in [4.78, 5) is 12.7. The van der Waals surface area contributed by atoms with Gasteiger partial charge in [0.1, 0.15) is 0 Å². The molecule has 1 amide bonds. The van der Waals surface area contributed by atoms with E-state index in [0.717, 1.165) is 25.7 Å². The number of tetrazole rings is 1. The summed E-state index contributed by atoms with van der Waals surface area (Å²) in [6.07, 6.45) is 7.47. The molecule has 1 aliphatic heterocycles. The first-order valence-corrected chi connectivity index (χ1v) is 11.6. The number of amides is 1. The summed E-state index contributed by atoms with van der Waals surface area (Å²) in [5, 5.41) is 14.7. The van der Waals surface area contributed by atoms with Crippen LogP contribution in [0.15, 0.2) is 29.2 Å². The zero-order chi connectivity index (χ0) is 20.3. The molecule has 1 aliphatic carbocycles. The van der Waals surface area contributed by atoms with Crippen molar-refractivity contribution in [2.24, 2.45) is 0 Å². The van der Waals surface area contributed by atoms with Crippen LogP contribution in [-0.2, 0) is 16.6 Å². The van der Waals surface area contributed by atoms with Gasteiger partial charge in [-0.05, 0) is 60.4 Å². The van der Waals surface area contributed by atoms with Crippen LogP contribution in [0, 0.1) is 0 Å². The smallest absolute Gasteiger partial charge is 0.251 e. The average Bonchev–Trinajstić information content (AvgIpc) is 3.45. The minimum atomic E-state index is -3.48. The number of rotatable bonds is 6. The van der Waals surface area contributed by atoms with Gasteiger partial charge in [-0.2, -0.15) is 4.31 Å². The van der Waals surface area contributed by atoms with Crippen molar-refractivity contribution in [1.29, 1.82) is 0 Å². The maximum atomic E-state index is 12.6. The molecule has 0 unspecified atom stereocenters. The molecule has 2 aromatic rings. The quantitative estimate of drug-likeness (QED) is 0.767. The first-order valence-electron chi connectivity index (χ1n) is 10.2. The Morgan fingerprint density at radius 1 is 1.03 bits per heavy atom. The van der Waals surface area contributed by atoms with Crippen molar-refractivity contribution in [1.82, 2.24) is 29.8 Å². The van der Waals surface area contributed by atoms with Gasteiger partial charge in [0.05, 0.1) is 17.5 Å². The molecule has 0 atom stereocenters. The second-order valence-corrected chi connectivity index (χ2v) is 9.59. The van der Waals surface area contributed by atoms with E-state index < -0.39 is 10.0 Å². The highest BCUT2D eigenvalue weighted by Crippen LogP contribution is 2.27. The largest absolute Gasteiger partial charge is 0.345 e. The zero-order valence-electron chi connectivity index (χ0n) is 16.3. The fraction of sp³-hybridized carbons (Fsp3) is 0.579. The van der Waals surface area contributed by atoms with Gasteiger partial charge in [-0.1, -0.05) is 19.3 Å². The average molecular weight is 419 g/mol. The second-order valence-electron chi connectivity index (χ2n) is 7.65. The van der Waals surface area contributed by atoms with Crippen molar-refractivity contribution < 1.29 is 13.2 Å². The van der Waals surface area contributed by atoms with E-state index in [2.05, 4.69) is 20.8 Å². The van der Waals surface area contributed by atoms with Crippen LogP contribution in [-0.4, -0.2) is 51.9 Å². The van der Waals surface area contributed by atoms with Gasteiger partial charge in [-0.3, -0.25) is 4.79 Å². The Morgan fingerprint density at radius 2 is 1.72 bits per heavy atom. The Kier molecular flexibility index (Phi) is 5.91. The molecule has 2 aliphatic rings. The van der Waals surface area contributed by atoms with Crippen LogP contribution in [0.2, 0.25) is 0 Å². The summed E-state index contributed by atoms with van der Waals surface area (Å²) in [6.45, 7) is 1.34. The molecule has 156 valence electrons. The number of hydrogen-bond donors (Lipinski definition) is 1. The number of sulfonamides is 1. The SMILES string of the molecule is O=C(NCc1nnnn1C1CCCCC1)c1ccc(S(=O)(=O)N2CCCC2)cc1. The van der Waals surface area contributed by atoms with Crippen LogP contribution < -0.4 is 5.32 Å². The minimum Gasteiger partial charge on any atom is -0.345 e. The third kappa shape index (κ3) is 4.32. The molecule has 2 fully saturated rings. The molecule has 1 aromatic heterocycles. The molecule has 1 saturated heterocycles. The fourth-order valence-electron chi connectivity index (χ4n) is 4.06. The van der Waals surface area contributed by atoms with E-state index in [1.165, 1.54) is 35.7 Å². The van der Waals surface area contributed by atoms with E-state index in [1.807, 2.05) is 4.68 Å². The van der Waals surface area contributed by atoms with Crippen LogP contribution in [0.3, 0.4) is 0 Å². The highest BCUT2D eigenvalue weighted by molar-refractivity contribution is 7.89. The van der Waals surface area contributed by atoms with Crippen molar-refractivity contribution in [2.75, 3.05) is 13.1 Å². The van der Waals surface area contributed by atoms with Crippen LogP contribution >= 0.6 is 0 Å². The first kappa shape index (κ1) is 20.0. The number of nitrogens with zero attached hydrogens (tertiary/aromatic N) is 5. The van der Waals surface area contributed by atoms with Crippen LogP contribution in [0.1, 0.15) is 67.2 Å². The molecule has 0 bridgehead atoms. The van der Waals surface area contributed by atoms with E-state index in [4.69, 9.17) is 0 Å². The molecule has 1 aromatic carbocycles. The van der Waals surface area contributed by atoms with Crippen molar-refractivity contribution in [2.45, 2.75) is 62.4 Å². The van der Waals surface area contributed by atoms with Gasteiger partial charge in [0.25, 0.3) is 5.91 Å². The Bertz CT molecular complexity index is 945. The minimum absolute atomic E-state index is 0.220. The van der Waals surface area contributed by atoms with E-state index >= 15 is 0 Å². The monoisotopic (exact) mass is 418 g/mol. The summed E-state index contributed by atoms with van der Waals surface area (Å²) in [5.74, 6) is 0.354. The van der Waals surface area contributed by atoms with Gasteiger partial charge in [-0.25, -0.2) is 13.1 Å². The lowest BCUT2D eigenvalue weighted by atomic mass is 9.95. The lowest BCUT2D eigenvalue weighted by molar-refractivity contribution is 0.0948. The molecular weight excluding hydrogens is 392 g/mol. The molecule has 10 heteroatoms. The molecule has 29 heavy (non-hydrogen) atoms. The number of carbonyl (C=O) groups excluding carboxylic acids is 1. The molecule has 0 spiro atoms. The summed E-state index contributed by atoms with van der Waals surface area (Å²) < 4.78 is 28.5. The number of benzene rings is 1. The van der Waals surface area contributed by atoms with Gasteiger partial charge < -0.3 is 5.32 Å². The van der Waals surface area contributed by atoms with Crippen molar-refractivity contribution in [3.8, 4) is 0 Å². The fourth-order valence-corrected chi connectivity index (χ4v) is 5.57. The molecule has 2 heterocycles. The number of aromatic nitrogens is 4. The molecule has 4 rings (SSSR count). The molecule has 1 saturated carbocycles. The van der Waals surface area contributed by atoms with Gasteiger partial charge >= 0.3 is 0 Å². The third-order valence-corrected chi connectivity index (χ3v) is 7.62. The zero-order valence-corrected chi connectivity index (χ0v) is 17.1. The van der Waals surface area contributed by atoms with E-state index in [-0.39, 0.29) is 17.3 Å². The Labute approximate surface area is 170 Å². The molecule has 1 N–H and O–H groups in total. The maximum absolute atomic E-state index is 12.6. The lowest BCUT2D eigenvalue weighted by Crippen LogP contribution is -2.28. The van der Waals surface area contributed by atoms with E-state index in [1.54, 1.807) is 12.1 Å². The lowest BCUT2D eigenvalue weighted by Gasteiger charge is -2.22. The summed E-state index contributed by atoms with van der Waals surface area (Å²) >= 11 is 0. The van der Waals surface area contributed by atoms with Gasteiger partial charge in [0.2, 0.25) is 10.0 Å². The highest BCUT2D eigenvalue weighted by Gasteiger charge is 2.27. The van der Waals surface area contributed by atoms with Crippen molar-refractivity contribution in [3.63, 3.8) is 0 Å². The van der Waals surface area contributed by atoms with E-state index in [9.17, 15) is 13.2 Å². The van der Waals surface area contributed by atoms with Crippen LogP contribution in [0.4, 0.5) is 0 Å². The molecule has 9 nitrogen and oxygen atoms in total.